The summed E-state index contributed by atoms with van der Waals surface area (Å²) in [6.45, 7) is 9.37. The van der Waals surface area contributed by atoms with Gasteiger partial charge in [0, 0.05) is 62.6 Å². The quantitative estimate of drug-likeness (QED) is 0.474. The summed E-state index contributed by atoms with van der Waals surface area (Å²) in [5.74, 6) is -0.279. The van der Waals surface area contributed by atoms with Crippen molar-refractivity contribution in [1.29, 1.82) is 0 Å². The summed E-state index contributed by atoms with van der Waals surface area (Å²) in [5.41, 5.74) is 3.31. The molecule has 5 heterocycles. The first-order valence-corrected chi connectivity index (χ1v) is 13.9. The molecule has 0 aliphatic carbocycles. The Morgan fingerprint density at radius 2 is 1.95 bits per heavy atom. The minimum Gasteiger partial charge on any atom is -0.390 e. The van der Waals surface area contributed by atoms with Gasteiger partial charge >= 0.3 is 0 Å². The lowest BCUT2D eigenvalue weighted by Crippen LogP contribution is -2.56. The minimum absolute atomic E-state index is 0.0345. The van der Waals surface area contributed by atoms with Crippen LogP contribution in [0.1, 0.15) is 46.5 Å². The van der Waals surface area contributed by atoms with Gasteiger partial charge < -0.3 is 25.0 Å². The smallest absolute Gasteiger partial charge is 0.258 e. The maximum atomic E-state index is 13.4. The van der Waals surface area contributed by atoms with Crippen LogP contribution in [-0.2, 0) is 11.3 Å². The van der Waals surface area contributed by atoms with Crippen molar-refractivity contribution in [3.05, 3.63) is 46.6 Å². The van der Waals surface area contributed by atoms with Crippen molar-refractivity contribution in [3.8, 4) is 0 Å². The largest absolute Gasteiger partial charge is 0.390 e. The molecule has 3 aliphatic rings. The van der Waals surface area contributed by atoms with Crippen LogP contribution in [0.5, 0.6) is 0 Å². The molecule has 0 bridgehead atoms. The molecule has 200 valence electrons. The molecule has 3 aliphatic heterocycles. The number of aromatic nitrogens is 2. The zero-order valence-electron chi connectivity index (χ0n) is 21.6. The van der Waals surface area contributed by atoms with Crippen molar-refractivity contribution in [2.75, 3.05) is 56.2 Å². The van der Waals surface area contributed by atoms with E-state index in [1.807, 2.05) is 12.1 Å². The van der Waals surface area contributed by atoms with Gasteiger partial charge in [0.2, 0.25) is 0 Å². The van der Waals surface area contributed by atoms with Crippen LogP contribution < -0.4 is 10.2 Å². The molecular weight excluding hydrogens is 504 g/mol. The van der Waals surface area contributed by atoms with Crippen LogP contribution >= 0.6 is 11.3 Å². The molecule has 0 radical (unpaired) electrons. The normalized spacial score (nSPS) is 18.7. The number of rotatable bonds is 7. The van der Waals surface area contributed by atoms with E-state index < -0.39 is 5.60 Å². The fourth-order valence-electron chi connectivity index (χ4n) is 5.24. The number of nitrogens with zero attached hydrogens (tertiary/aromatic N) is 5. The van der Waals surface area contributed by atoms with Crippen LogP contribution in [0, 0.1) is 0 Å². The zero-order valence-corrected chi connectivity index (χ0v) is 22.5. The second-order valence-corrected chi connectivity index (χ2v) is 11.7. The number of ether oxygens (including phenoxy) is 1. The summed E-state index contributed by atoms with van der Waals surface area (Å²) < 4.78 is 5.37. The third-order valence-corrected chi connectivity index (χ3v) is 8.46. The number of hydrogen-bond donors (Lipinski definition) is 2. The molecule has 11 heteroatoms. The number of thiophene rings is 1. The molecule has 2 N–H and O–H groups in total. The fraction of sp³-hybridized carbons (Fsp3) is 0.481. The van der Waals surface area contributed by atoms with Crippen LogP contribution in [0.4, 0.5) is 11.4 Å². The van der Waals surface area contributed by atoms with Gasteiger partial charge in [-0.05, 0) is 38.0 Å². The van der Waals surface area contributed by atoms with Gasteiger partial charge in [0.25, 0.3) is 11.8 Å². The van der Waals surface area contributed by atoms with Crippen molar-refractivity contribution in [1.82, 2.24) is 19.8 Å². The molecule has 38 heavy (non-hydrogen) atoms. The molecule has 0 spiro atoms. The highest BCUT2D eigenvalue weighted by Crippen LogP contribution is 2.36. The van der Waals surface area contributed by atoms with E-state index in [0.717, 1.165) is 55.5 Å². The van der Waals surface area contributed by atoms with Gasteiger partial charge in [0.05, 0.1) is 41.8 Å². The van der Waals surface area contributed by atoms with Crippen molar-refractivity contribution in [3.63, 3.8) is 0 Å². The van der Waals surface area contributed by atoms with E-state index in [-0.39, 0.29) is 11.8 Å². The van der Waals surface area contributed by atoms with Gasteiger partial charge in [0.1, 0.15) is 10.3 Å². The lowest BCUT2D eigenvalue weighted by molar-refractivity contribution is -0.0660. The van der Waals surface area contributed by atoms with Gasteiger partial charge in [0.15, 0.2) is 0 Å². The molecule has 0 unspecified atom stereocenters. The van der Waals surface area contributed by atoms with E-state index in [1.54, 1.807) is 36.5 Å². The number of amides is 2. The lowest BCUT2D eigenvalue weighted by Gasteiger charge is -2.43. The van der Waals surface area contributed by atoms with E-state index in [9.17, 15) is 14.7 Å². The van der Waals surface area contributed by atoms with Gasteiger partial charge in [-0.15, -0.1) is 11.3 Å². The number of nitrogens with one attached hydrogen (secondary N) is 1. The standard InChI is InChI=1S/C27H32N6O4S/c1-27(2,36)3-6-33-13-17-11-21(30-24(34)20-16-38-25-23(20)28-4-5-29-25)22(12-19(17)26(33)35)32-9-7-31(8-10-32)18-14-37-15-18/h4-5,11-12,16,18,36H,3,6-10,13-15H2,1-2H3,(H,30,34). The molecule has 2 saturated heterocycles. The number of aliphatic hydroxyl groups is 1. The Morgan fingerprint density at radius 3 is 2.66 bits per heavy atom. The molecule has 2 fully saturated rings. The number of piperazine rings is 1. The SMILES string of the molecule is CC(C)(O)CCN1Cc2cc(NC(=O)c3csc4nccnc34)c(N3CCN(C4COC4)CC3)cc2C1=O. The molecule has 1 aromatic carbocycles. The highest BCUT2D eigenvalue weighted by molar-refractivity contribution is 7.17. The predicted octanol–water partition coefficient (Wildman–Crippen LogP) is 2.58. The second-order valence-electron chi connectivity index (χ2n) is 10.8. The fourth-order valence-corrected chi connectivity index (χ4v) is 6.09. The topological polar surface area (TPSA) is 111 Å². The maximum absolute atomic E-state index is 13.4. The summed E-state index contributed by atoms with van der Waals surface area (Å²) in [5, 5.41) is 15.1. The molecule has 3 aromatic rings. The summed E-state index contributed by atoms with van der Waals surface area (Å²) in [4.78, 5) is 42.6. The van der Waals surface area contributed by atoms with Gasteiger partial charge in [-0.1, -0.05) is 0 Å². The minimum atomic E-state index is -0.850. The van der Waals surface area contributed by atoms with Gasteiger partial charge in [-0.3, -0.25) is 19.5 Å². The van der Waals surface area contributed by atoms with E-state index >= 15 is 0 Å². The molecule has 6 rings (SSSR count). The third kappa shape index (κ3) is 4.86. The Labute approximate surface area is 225 Å². The number of benzene rings is 1. The van der Waals surface area contributed by atoms with Crippen molar-refractivity contribution >= 4 is 44.9 Å². The first-order chi connectivity index (χ1) is 18.3. The van der Waals surface area contributed by atoms with Crippen molar-refractivity contribution < 1.29 is 19.4 Å². The average Bonchev–Trinajstić information content (AvgIpc) is 3.42. The molecule has 2 amide bonds. The van der Waals surface area contributed by atoms with Crippen molar-refractivity contribution in [2.45, 2.75) is 38.5 Å². The number of fused-ring (bicyclic) bond motifs is 2. The first-order valence-electron chi connectivity index (χ1n) is 13.0. The highest BCUT2D eigenvalue weighted by Gasteiger charge is 2.33. The highest BCUT2D eigenvalue weighted by atomic mass is 32.1. The molecule has 10 nitrogen and oxygen atoms in total. The molecule has 0 atom stereocenters. The van der Waals surface area contributed by atoms with Crippen molar-refractivity contribution in [2.24, 2.45) is 0 Å². The van der Waals surface area contributed by atoms with E-state index in [0.29, 0.717) is 47.9 Å². The summed E-state index contributed by atoms with van der Waals surface area (Å²) >= 11 is 1.39. The summed E-state index contributed by atoms with van der Waals surface area (Å²) in [6.07, 6.45) is 3.70. The van der Waals surface area contributed by atoms with Crippen LogP contribution in [0.3, 0.4) is 0 Å². The first kappa shape index (κ1) is 25.2. The number of carbonyl (C=O) groups is 2. The van der Waals surface area contributed by atoms with Crippen LogP contribution in [0.2, 0.25) is 0 Å². The number of carbonyl (C=O) groups excluding carboxylic acids is 2. The monoisotopic (exact) mass is 536 g/mol. The van der Waals surface area contributed by atoms with E-state index in [2.05, 4.69) is 25.1 Å². The average molecular weight is 537 g/mol. The van der Waals surface area contributed by atoms with Crippen LogP contribution in [0.15, 0.2) is 29.9 Å². The predicted molar refractivity (Wildman–Crippen MR) is 146 cm³/mol. The maximum Gasteiger partial charge on any atom is 0.258 e. The Balaban J connectivity index is 1.29. The van der Waals surface area contributed by atoms with Crippen LogP contribution in [-0.4, -0.2) is 94.3 Å². The van der Waals surface area contributed by atoms with Gasteiger partial charge in [-0.25, -0.2) is 4.98 Å². The Hall–Kier alpha value is -3.12. The lowest BCUT2D eigenvalue weighted by atomic mass is 10.0. The second kappa shape index (κ2) is 9.88. The number of anilines is 2. The van der Waals surface area contributed by atoms with E-state index in [4.69, 9.17) is 4.74 Å². The zero-order chi connectivity index (χ0) is 26.4. The molecule has 0 saturated carbocycles. The van der Waals surface area contributed by atoms with E-state index in [1.165, 1.54) is 11.3 Å². The van der Waals surface area contributed by atoms with Crippen LogP contribution in [0.25, 0.3) is 10.3 Å². The summed E-state index contributed by atoms with van der Waals surface area (Å²) in [7, 11) is 0. The Kier molecular flexibility index (Phi) is 6.55. The molecular formula is C27H32N6O4S. The molecule has 2 aromatic heterocycles. The third-order valence-electron chi connectivity index (χ3n) is 7.59. The Morgan fingerprint density at radius 1 is 1.18 bits per heavy atom. The number of hydrogen-bond acceptors (Lipinski definition) is 9. The summed E-state index contributed by atoms with van der Waals surface area (Å²) in [6, 6.07) is 4.36. The van der Waals surface area contributed by atoms with Gasteiger partial charge in [-0.2, -0.15) is 0 Å². The Bertz CT molecular complexity index is 1370.